The van der Waals surface area contributed by atoms with Crippen molar-refractivity contribution < 1.29 is 4.79 Å². The Hall–Kier alpha value is -0.170. The first kappa shape index (κ1) is 26.1. The molecular formula is C24H37NOS4. The third-order valence-corrected chi connectivity index (χ3v) is 13.1. The van der Waals surface area contributed by atoms with Gasteiger partial charge in [0.25, 0.3) is 5.91 Å². The summed E-state index contributed by atoms with van der Waals surface area (Å²) < 4.78 is -0.833. The van der Waals surface area contributed by atoms with Crippen LogP contribution < -0.4 is 5.32 Å². The molecule has 1 saturated heterocycles. The zero-order valence-electron chi connectivity index (χ0n) is 18.9. The van der Waals surface area contributed by atoms with Crippen LogP contribution in [0.4, 0.5) is 0 Å². The van der Waals surface area contributed by atoms with E-state index in [-0.39, 0.29) is 15.9 Å². The van der Waals surface area contributed by atoms with Gasteiger partial charge in [-0.05, 0) is 54.3 Å². The fourth-order valence-electron chi connectivity index (χ4n) is 3.72. The molecule has 2 nitrogen and oxygen atoms in total. The molecule has 1 amide bonds. The van der Waals surface area contributed by atoms with E-state index in [0.717, 1.165) is 54.4 Å². The molecule has 6 heteroatoms. The maximum Gasteiger partial charge on any atom is 0.252 e. The van der Waals surface area contributed by atoms with E-state index in [1.54, 1.807) is 0 Å². The molecule has 0 saturated carbocycles. The van der Waals surface area contributed by atoms with Crippen molar-refractivity contribution in [2.24, 2.45) is 0 Å². The Labute approximate surface area is 201 Å². The molecule has 30 heavy (non-hydrogen) atoms. The summed E-state index contributed by atoms with van der Waals surface area (Å²) in [5.41, 5.74) is 2.11. The topological polar surface area (TPSA) is 29.1 Å². The lowest BCUT2D eigenvalue weighted by Crippen LogP contribution is -2.63. The molecule has 0 bridgehead atoms. The summed E-state index contributed by atoms with van der Waals surface area (Å²) in [5.74, 6) is 4.28. The molecule has 2 rings (SSSR count). The Morgan fingerprint density at radius 3 is 1.77 bits per heavy atom. The molecule has 1 fully saturated rings. The molecule has 1 N–H and O–H groups in total. The number of rotatable bonds is 13. The third kappa shape index (κ3) is 5.41. The van der Waals surface area contributed by atoms with Crippen LogP contribution in [0.15, 0.2) is 42.6 Å². The number of hydrogen-bond donors (Lipinski definition) is 1. The molecular weight excluding hydrogens is 447 g/mol. The van der Waals surface area contributed by atoms with Crippen molar-refractivity contribution in [1.82, 2.24) is 5.32 Å². The average molecular weight is 484 g/mol. The summed E-state index contributed by atoms with van der Waals surface area (Å²) in [6, 6.07) is 10.7. The van der Waals surface area contributed by atoms with Crippen LogP contribution in [0.5, 0.6) is 0 Å². The van der Waals surface area contributed by atoms with Crippen molar-refractivity contribution in [2.45, 2.75) is 67.5 Å². The summed E-state index contributed by atoms with van der Waals surface area (Å²) in [4.78, 5) is 13.8. The number of carbonyl (C=O) groups is 1. The lowest BCUT2D eigenvalue weighted by molar-refractivity contribution is -0.121. The van der Waals surface area contributed by atoms with E-state index < -0.39 is 4.08 Å². The maximum atomic E-state index is 13.8. The van der Waals surface area contributed by atoms with Crippen LogP contribution in [-0.4, -0.2) is 37.1 Å². The van der Waals surface area contributed by atoms with E-state index in [1.165, 1.54) is 5.56 Å². The number of allylic oxidation sites excluding steroid dienone is 1. The molecule has 1 aliphatic heterocycles. The largest absolute Gasteiger partial charge is 0.328 e. The Bertz CT molecular complexity index is 663. The number of piperidine rings is 1. The van der Waals surface area contributed by atoms with Crippen LogP contribution in [0.2, 0.25) is 0 Å². The number of nitrogens with one attached hydrogen (secondary N) is 1. The van der Waals surface area contributed by atoms with Crippen molar-refractivity contribution in [3.05, 3.63) is 48.2 Å². The maximum absolute atomic E-state index is 13.8. The molecule has 168 valence electrons. The Morgan fingerprint density at radius 2 is 1.30 bits per heavy atom. The zero-order chi connectivity index (χ0) is 22.0. The molecule has 0 spiro atoms. The van der Waals surface area contributed by atoms with Crippen molar-refractivity contribution in [1.29, 1.82) is 0 Å². The molecule has 1 atom stereocenters. The first-order chi connectivity index (χ1) is 14.5. The van der Waals surface area contributed by atoms with Crippen molar-refractivity contribution in [3.63, 3.8) is 0 Å². The van der Waals surface area contributed by atoms with E-state index in [1.807, 2.05) is 47.0 Å². The van der Waals surface area contributed by atoms with Gasteiger partial charge in [-0.3, -0.25) is 4.79 Å². The van der Waals surface area contributed by atoms with Crippen molar-refractivity contribution in [3.8, 4) is 0 Å². The smallest absolute Gasteiger partial charge is 0.252 e. The van der Waals surface area contributed by atoms with Crippen LogP contribution in [0.25, 0.3) is 0 Å². The second kappa shape index (κ2) is 12.8. The van der Waals surface area contributed by atoms with Gasteiger partial charge in [0.2, 0.25) is 0 Å². The molecule has 1 unspecified atom stereocenters. The van der Waals surface area contributed by atoms with Crippen molar-refractivity contribution in [2.75, 3.05) is 23.0 Å². The molecule has 1 heterocycles. The number of thioether (sulfide) groups is 4. The van der Waals surface area contributed by atoms with E-state index in [0.29, 0.717) is 0 Å². The van der Waals surface area contributed by atoms with Gasteiger partial charge in [0.15, 0.2) is 4.08 Å². The van der Waals surface area contributed by atoms with Gasteiger partial charge in [-0.1, -0.05) is 64.6 Å². The monoisotopic (exact) mass is 483 g/mol. The molecule has 0 aromatic heterocycles. The second-order valence-corrected chi connectivity index (χ2v) is 13.3. The molecule has 1 aliphatic rings. The van der Waals surface area contributed by atoms with E-state index in [4.69, 9.17) is 0 Å². The van der Waals surface area contributed by atoms with Gasteiger partial charge in [-0.15, -0.1) is 47.0 Å². The SMILES string of the molecule is C=C1NC(=O)C(SCCC)(SCCC)C(SCCC)(SCCC)C1c1ccccc1. The first-order valence-corrected chi connectivity index (χ1v) is 15.1. The second-order valence-electron chi connectivity index (χ2n) is 7.50. The molecule has 1 aromatic rings. The van der Waals surface area contributed by atoms with Crippen LogP contribution in [0, 0.1) is 0 Å². The summed E-state index contributed by atoms with van der Waals surface area (Å²) >= 11 is 7.74. The van der Waals surface area contributed by atoms with Crippen LogP contribution in [0.1, 0.15) is 64.9 Å². The Balaban J connectivity index is 2.74. The molecule has 1 aromatic carbocycles. The summed E-state index contributed by atoms with van der Waals surface area (Å²) in [5, 5.41) is 3.24. The average Bonchev–Trinajstić information content (AvgIpc) is 2.76. The molecule has 0 radical (unpaired) electrons. The minimum absolute atomic E-state index is 0.0817. The highest BCUT2D eigenvalue weighted by atomic mass is 32.2. The highest BCUT2D eigenvalue weighted by Gasteiger charge is 2.65. The van der Waals surface area contributed by atoms with Crippen molar-refractivity contribution >= 4 is 53.0 Å². The van der Waals surface area contributed by atoms with Gasteiger partial charge in [0.1, 0.15) is 4.08 Å². The fourth-order valence-corrected chi connectivity index (χ4v) is 11.3. The predicted molar refractivity (Wildman–Crippen MR) is 143 cm³/mol. The van der Waals surface area contributed by atoms with Gasteiger partial charge in [0.05, 0.1) is 5.92 Å². The summed E-state index contributed by atoms with van der Waals surface area (Å²) in [6.45, 7) is 13.3. The van der Waals surface area contributed by atoms with Crippen LogP contribution in [-0.2, 0) is 4.79 Å². The lowest BCUT2D eigenvalue weighted by atomic mass is 9.87. The fraction of sp³-hybridized carbons (Fsp3) is 0.625. The highest BCUT2D eigenvalue weighted by Crippen LogP contribution is 2.66. The number of carbonyl (C=O) groups excluding carboxylic acids is 1. The first-order valence-electron chi connectivity index (χ1n) is 11.1. The minimum atomic E-state index is -0.541. The van der Waals surface area contributed by atoms with E-state index >= 15 is 0 Å². The molecule has 0 aliphatic carbocycles. The van der Waals surface area contributed by atoms with Gasteiger partial charge >= 0.3 is 0 Å². The quantitative estimate of drug-likeness (QED) is 0.296. The third-order valence-electron chi connectivity index (χ3n) is 4.95. The summed E-state index contributed by atoms with van der Waals surface area (Å²) in [6.07, 6.45) is 4.33. The van der Waals surface area contributed by atoms with Gasteiger partial charge in [0, 0.05) is 5.70 Å². The normalized spacial score (nSPS) is 20.2. The summed E-state index contributed by atoms with van der Waals surface area (Å²) in [7, 11) is 0. The number of hydrogen-bond acceptors (Lipinski definition) is 5. The minimum Gasteiger partial charge on any atom is -0.328 e. The van der Waals surface area contributed by atoms with E-state index in [9.17, 15) is 4.79 Å². The standard InChI is InChI=1S/C24H37NOS4/c1-6-15-27-23(28-16-7-2)21(20-13-11-10-12-14-20)19(5)25-22(26)24(23,29-17-8-3)30-18-9-4/h10-14,21H,5-9,15-18H2,1-4H3,(H,25,26). The van der Waals surface area contributed by atoms with Gasteiger partial charge in [-0.25, -0.2) is 0 Å². The number of benzene rings is 1. The zero-order valence-corrected chi connectivity index (χ0v) is 22.1. The lowest BCUT2D eigenvalue weighted by Gasteiger charge is -2.55. The van der Waals surface area contributed by atoms with Crippen LogP contribution in [0.3, 0.4) is 0 Å². The van der Waals surface area contributed by atoms with E-state index in [2.05, 4.69) is 69.9 Å². The Kier molecular flexibility index (Phi) is 11.1. The predicted octanol–water partition coefficient (Wildman–Crippen LogP) is 7.38. The number of amides is 1. The Morgan fingerprint density at radius 1 is 0.833 bits per heavy atom. The highest BCUT2D eigenvalue weighted by molar-refractivity contribution is 8.26. The van der Waals surface area contributed by atoms with Gasteiger partial charge in [-0.2, -0.15) is 0 Å². The van der Waals surface area contributed by atoms with Gasteiger partial charge < -0.3 is 5.32 Å². The van der Waals surface area contributed by atoms with Crippen LogP contribution >= 0.6 is 47.0 Å².